The van der Waals surface area contributed by atoms with Crippen LogP contribution in [0.3, 0.4) is 0 Å². The number of likely N-dealkylation sites (tertiary alicyclic amines) is 1. The number of rotatable bonds is 4. The van der Waals surface area contributed by atoms with E-state index in [1.54, 1.807) is 18.2 Å². The molecule has 0 bridgehead atoms. The van der Waals surface area contributed by atoms with Crippen molar-refractivity contribution in [3.63, 3.8) is 0 Å². The zero-order valence-electron chi connectivity index (χ0n) is 13.9. The molecule has 0 spiro atoms. The van der Waals surface area contributed by atoms with Crippen LogP contribution in [0.1, 0.15) is 29.9 Å². The summed E-state index contributed by atoms with van der Waals surface area (Å²) in [6.45, 7) is 1.72. The zero-order chi connectivity index (χ0) is 17.2. The Morgan fingerprint density at radius 3 is 2.88 bits per heavy atom. The first-order chi connectivity index (χ1) is 12.2. The van der Waals surface area contributed by atoms with Crippen LogP contribution in [-0.4, -0.2) is 30.7 Å². The Balaban J connectivity index is 1.35. The molecule has 2 aromatic rings. The minimum atomic E-state index is -0.241. The smallest absolute Gasteiger partial charge is 0.231 e. The minimum Gasteiger partial charge on any atom is -0.454 e. The Labute approximate surface area is 146 Å². The second kappa shape index (κ2) is 6.75. The number of ether oxygens (including phenoxy) is 2. The molecule has 0 saturated carbocycles. The van der Waals surface area contributed by atoms with Crippen molar-refractivity contribution in [2.24, 2.45) is 0 Å². The number of aryl methyl sites for hydroxylation is 1. The number of carbonyl (C=O) groups excluding carboxylic acids is 1. The number of carbonyl (C=O) groups is 1. The maximum absolute atomic E-state index is 13.7. The van der Waals surface area contributed by atoms with Crippen LogP contribution in [0.2, 0.25) is 0 Å². The van der Waals surface area contributed by atoms with E-state index in [1.165, 1.54) is 11.6 Å². The van der Waals surface area contributed by atoms with Gasteiger partial charge in [0.25, 0.3) is 0 Å². The molecule has 5 heteroatoms. The number of fused-ring (bicyclic) bond motifs is 1. The van der Waals surface area contributed by atoms with Gasteiger partial charge >= 0.3 is 0 Å². The molecule has 0 aromatic heterocycles. The molecule has 2 aliphatic heterocycles. The first kappa shape index (κ1) is 15.9. The number of benzene rings is 2. The number of amides is 1. The van der Waals surface area contributed by atoms with Crippen molar-refractivity contribution in [2.75, 3.05) is 19.9 Å². The normalized spacial score (nSPS) is 18.6. The SMILES string of the molecule is O=C(CCc1ccccc1F)N1CC[C@H](c2ccc3c(c2)OCO3)C1. The van der Waals surface area contributed by atoms with E-state index in [1.807, 2.05) is 23.1 Å². The third-order valence-electron chi connectivity index (χ3n) is 4.98. The Hall–Kier alpha value is -2.56. The molecule has 0 radical (unpaired) electrons. The summed E-state index contributed by atoms with van der Waals surface area (Å²) in [5.74, 6) is 1.72. The summed E-state index contributed by atoms with van der Waals surface area (Å²) in [6, 6.07) is 12.6. The van der Waals surface area contributed by atoms with E-state index in [9.17, 15) is 9.18 Å². The number of nitrogens with zero attached hydrogens (tertiary/aromatic N) is 1. The predicted molar refractivity (Wildman–Crippen MR) is 91.2 cm³/mol. The first-order valence-corrected chi connectivity index (χ1v) is 8.61. The topological polar surface area (TPSA) is 38.8 Å². The minimum absolute atomic E-state index is 0.0893. The molecule has 4 nitrogen and oxygen atoms in total. The monoisotopic (exact) mass is 341 g/mol. The average Bonchev–Trinajstić information content (AvgIpc) is 3.29. The molecule has 1 atom stereocenters. The van der Waals surface area contributed by atoms with E-state index in [2.05, 4.69) is 0 Å². The average molecular weight is 341 g/mol. The third-order valence-corrected chi connectivity index (χ3v) is 4.98. The van der Waals surface area contributed by atoms with Gasteiger partial charge in [-0.1, -0.05) is 24.3 Å². The highest BCUT2D eigenvalue weighted by Crippen LogP contribution is 2.37. The Bertz CT molecular complexity index is 792. The lowest BCUT2D eigenvalue weighted by atomic mass is 9.98. The maximum atomic E-state index is 13.7. The fourth-order valence-electron chi connectivity index (χ4n) is 3.53. The summed E-state index contributed by atoms with van der Waals surface area (Å²) in [6.07, 6.45) is 1.72. The molecule has 1 saturated heterocycles. The largest absolute Gasteiger partial charge is 0.454 e. The van der Waals surface area contributed by atoms with E-state index in [0.717, 1.165) is 24.5 Å². The molecule has 2 heterocycles. The quantitative estimate of drug-likeness (QED) is 0.854. The fraction of sp³-hybridized carbons (Fsp3) is 0.350. The lowest BCUT2D eigenvalue weighted by molar-refractivity contribution is -0.130. The van der Waals surface area contributed by atoms with Crippen LogP contribution < -0.4 is 9.47 Å². The van der Waals surface area contributed by atoms with Crippen molar-refractivity contribution in [3.8, 4) is 11.5 Å². The molecule has 130 valence electrons. The summed E-state index contributed by atoms with van der Waals surface area (Å²) in [7, 11) is 0. The van der Waals surface area contributed by atoms with Crippen LogP contribution in [-0.2, 0) is 11.2 Å². The van der Waals surface area contributed by atoms with E-state index in [0.29, 0.717) is 30.9 Å². The summed E-state index contributed by atoms with van der Waals surface area (Å²) < 4.78 is 24.4. The molecule has 0 N–H and O–H groups in total. The summed E-state index contributed by atoms with van der Waals surface area (Å²) >= 11 is 0. The van der Waals surface area contributed by atoms with Gasteiger partial charge in [0, 0.05) is 25.4 Å². The molecule has 2 aromatic carbocycles. The number of hydrogen-bond donors (Lipinski definition) is 0. The van der Waals surface area contributed by atoms with E-state index >= 15 is 0 Å². The van der Waals surface area contributed by atoms with Gasteiger partial charge in [-0.15, -0.1) is 0 Å². The van der Waals surface area contributed by atoms with Gasteiger partial charge in [0.2, 0.25) is 12.7 Å². The van der Waals surface area contributed by atoms with Gasteiger partial charge in [0.05, 0.1) is 0 Å². The van der Waals surface area contributed by atoms with Gasteiger partial charge in [-0.25, -0.2) is 4.39 Å². The van der Waals surface area contributed by atoms with Gasteiger partial charge in [-0.3, -0.25) is 4.79 Å². The third kappa shape index (κ3) is 3.31. The van der Waals surface area contributed by atoms with Crippen LogP contribution >= 0.6 is 0 Å². The summed E-state index contributed by atoms with van der Waals surface area (Å²) in [5.41, 5.74) is 1.77. The van der Waals surface area contributed by atoms with Crippen LogP contribution in [0.4, 0.5) is 4.39 Å². The lowest BCUT2D eigenvalue weighted by Crippen LogP contribution is -2.28. The van der Waals surface area contributed by atoms with Crippen molar-refractivity contribution in [2.45, 2.75) is 25.2 Å². The van der Waals surface area contributed by atoms with Crippen LogP contribution in [0.5, 0.6) is 11.5 Å². The van der Waals surface area contributed by atoms with Gasteiger partial charge in [-0.05, 0) is 42.2 Å². The molecule has 0 unspecified atom stereocenters. The fourth-order valence-corrected chi connectivity index (χ4v) is 3.53. The zero-order valence-corrected chi connectivity index (χ0v) is 13.9. The highest BCUT2D eigenvalue weighted by Gasteiger charge is 2.28. The highest BCUT2D eigenvalue weighted by molar-refractivity contribution is 5.77. The van der Waals surface area contributed by atoms with Crippen molar-refractivity contribution in [3.05, 3.63) is 59.4 Å². The molecule has 1 amide bonds. The summed E-state index contributed by atoms with van der Waals surface area (Å²) in [5, 5.41) is 0. The van der Waals surface area contributed by atoms with Crippen LogP contribution in [0.25, 0.3) is 0 Å². The molecular weight excluding hydrogens is 321 g/mol. The standard InChI is InChI=1S/C20H20FNO3/c21-17-4-2-1-3-14(17)6-8-20(23)22-10-9-16(12-22)15-5-7-18-19(11-15)25-13-24-18/h1-5,7,11,16H,6,8-10,12-13H2/t16-/m0/s1. The van der Waals surface area contributed by atoms with Crippen molar-refractivity contribution < 1.29 is 18.7 Å². The molecule has 2 aliphatic rings. The Kier molecular flexibility index (Phi) is 4.30. The first-order valence-electron chi connectivity index (χ1n) is 8.61. The lowest BCUT2D eigenvalue weighted by Gasteiger charge is -2.17. The van der Waals surface area contributed by atoms with E-state index < -0.39 is 0 Å². The highest BCUT2D eigenvalue weighted by atomic mass is 19.1. The Morgan fingerprint density at radius 1 is 1.16 bits per heavy atom. The van der Waals surface area contributed by atoms with E-state index in [4.69, 9.17) is 9.47 Å². The molecule has 0 aliphatic carbocycles. The molecule has 25 heavy (non-hydrogen) atoms. The Morgan fingerprint density at radius 2 is 2.00 bits per heavy atom. The van der Waals surface area contributed by atoms with Gasteiger partial charge in [0.15, 0.2) is 11.5 Å². The van der Waals surface area contributed by atoms with Gasteiger partial charge < -0.3 is 14.4 Å². The molecule has 4 rings (SSSR count). The molecular formula is C20H20FNO3. The molecule has 1 fully saturated rings. The van der Waals surface area contributed by atoms with Crippen molar-refractivity contribution in [1.29, 1.82) is 0 Å². The van der Waals surface area contributed by atoms with Gasteiger partial charge in [0.1, 0.15) is 5.82 Å². The number of hydrogen-bond acceptors (Lipinski definition) is 3. The summed E-state index contributed by atoms with van der Waals surface area (Å²) in [4.78, 5) is 14.3. The predicted octanol–water partition coefficient (Wildman–Crippen LogP) is 3.50. The van der Waals surface area contributed by atoms with Crippen molar-refractivity contribution >= 4 is 5.91 Å². The van der Waals surface area contributed by atoms with Crippen molar-refractivity contribution in [1.82, 2.24) is 4.90 Å². The van der Waals surface area contributed by atoms with E-state index in [-0.39, 0.29) is 18.5 Å². The number of halogens is 1. The van der Waals surface area contributed by atoms with Crippen LogP contribution in [0, 0.1) is 5.82 Å². The maximum Gasteiger partial charge on any atom is 0.231 e. The van der Waals surface area contributed by atoms with Crippen LogP contribution in [0.15, 0.2) is 42.5 Å². The van der Waals surface area contributed by atoms with Gasteiger partial charge in [-0.2, -0.15) is 0 Å². The second-order valence-electron chi connectivity index (χ2n) is 6.53. The second-order valence-corrected chi connectivity index (χ2v) is 6.53.